The third kappa shape index (κ3) is 4.22. The Bertz CT molecular complexity index is 568. The third-order valence-electron chi connectivity index (χ3n) is 3.39. The van der Waals surface area contributed by atoms with Crippen molar-refractivity contribution in [2.24, 2.45) is 0 Å². The topological polar surface area (TPSA) is 49.4 Å². The molecule has 1 saturated carbocycles. The van der Waals surface area contributed by atoms with Gasteiger partial charge in [0.15, 0.2) is 0 Å². The Balaban J connectivity index is 2.14. The number of nitrogens with zero attached hydrogens (tertiary/aromatic N) is 1. The van der Waals surface area contributed by atoms with Gasteiger partial charge in [-0.3, -0.25) is 9.59 Å². The molecule has 7 heteroatoms. The lowest BCUT2D eigenvalue weighted by atomic mass is 10.1. The zero-order valence-electron chi connectivity index (χ0n) is 12.1. The summed E-state index contributed by atoms with van der Waals surface area (Å²) in [6.07, 6.45) is -2.72. The second kappa shape index (κ2) is 6.37. The van der Waals surface area contributed by atoms with E-state index in [0.29, 0.717) is 0 Å². The number of hydrogen-bond donors (Lipinski definition) is 1. The lowest BCUT2D eigenvalue weighted by Gasteiger charge is -2.24. The Morgan fingerprint density at radius 1 is 1.27 bits per heavy atom. The van der Waals surface area contributed by atoms with Gasteiger partial charge in [0.05, 0.1) is 11.3 Å². The van der Waals surface area contributed by atoms with Crippen molar-refractivity contribution in [3.8, 4) is 0 Å². The van der Waals surface area contributed by atoms with Crippen LogP contribution in [-0.2, 0) is 15.8 Å². The van der Waals surface area contributed by atoms with Gasteiger partial charge < -0.3 is 10.2 Å². The van der Waals surface area contributed by atoms with E-state index in [1.165, 1.54) is 25.1 Å². The molecule has 0 heterocycles. The highest BCUT2D eigenvalue weighted by molar-refractivity contribution is 5.93. The first-order valence-corrected chi connectivity index (χ1v) is 7.02. The minimum Gasteiger partial charge on any atom is -0.353 e. The molecule has 2 amide bonds. The van der Waals surface area contributed by atoms with Crippen LogP contribution in [0, 0.1) is 0 Å². The Hall–Kier alpha value is -2.05. The highest BCUT2D eigenvalue weighted by atomic mass is 19.4. The number of carbonyl (C=O) groups is 2. The highest BCUT2D eigenvalue weighted by Gasteiger charge is 2.35. The molecule has 22 heavy (non-hydrogen) atoms. The van der Waals surface area contributed by atoms with Crippen LogP contribution in [0.2, 0.25) is 0 Å². The largest absolute Gasteiger partial charge is 0.418 e. The quantitative estimate of drug-likeness (QED) is 0.908. The zero-order valence-corrected chi connectivity index (χ0v) is 12.1. The first-order valence-electron chi connectivity index (χ1n) is 7.02. The average Bonchev–Trinajstić information content (AvgIpc) is 3.22. The molecule has 0 aliphatic heterocycles. The normalized spacial score (nSPS) is 14.5. The summed E-state index contributed by atoms with van der Waals surface area (Å²) < 4.78 is 39.1. The second-order valence-electron chi connectivity index (χ2n) is 5.28. The molecule has 1 aliphatic rings. The lowest BCUT2D eigenvalue weighted by molar-refractivity contribution is -0.137. The van der Waals surface area contributed by atoms with Crippen molar-refractivity contribution in [3.63, 3.8) is 0 Å². The van der Waals surface area contributed by atoms with Crippen LogP contribution in [0.3, 0.4) is 0 Å². The molecule has 0 spiro atoms. The van der Waals surface area contributed by atoms with Crippen LogP contribution in [0.5, 0.6) is 0 Å². The molecular formula is C15H17F3N2O2. The molecule has 120 valence electrons. The Morgan fingerprint density at radius 3 is 2.45 bits per heavy atom. The van der Waals surface area contributed by atoms with E-state index in [9.17, 15) is 22.8 Å². The number of hydrogen-bond acceptors (Lipinski definition) is 2. The van der Waals surface area contributed by atoms with Crippen LogP contribution >= 0.6 is 0 Å². The van der Waals surface area contributed by atoms with Crippen LogP contribution in [0.1, 0.15) is 31.7 Å². The summed E-state index contributed by atoms with van der Waals surface area (Å²) in [4.78, 5) is 24.4. The average molecular weight is 314 g/mol. The smallest absolute Gasteiger partial charge is 0.353 e. The van der Waals surface area contributed by atoms with Gasteiger partial charge in [0.1, 0.15) is 0 Å². The van der Waals surface area contributed by atoms with Crippen molar-refractivity contribution in [1.29, 1.82) is 0 Å². The zero-order chi connectivity index (χ0) is 16.3. The Kier molecular flexibility index (Phi) is 4.73. The number of carbonyl (C=O) groups excluding carboxylic acids is 2. The van der Waals surface area contributed by atoms with Gasteiger partial charge in [-0.05, 0) is 25.0 Å². The van der Waals surface area contributed by atoms with Gasteiger partial charge in [-0.25, -0.2) is 0 Å². The Morgan fingerprint density at radius 2 is 1.91 bits per heavy atom. The molecule has 2 rings (SSSR count). The van der Waals surface area contributed by atoms with Crippen LogP contribution in [0.25, 0.3) is 0 Å². The molecule has 0 saturated heterocycles. The summed E-state index contributed by atoms with van der Waals surface area (Å²) in [5.41, 5.74) is -1.10. The molecule has 1 fully saturated rings. The molecule has 0 aromatic heterocycles. The summed E-state index contributed by atoms with van der Waals surface area (Å²) in [7, 11) is 0. The van der Waals surface area contributed by atoms with E-state index < -0.39 is 17.6 Å². The van der Waals surface area contributed by atoms with Crippen molar-refractivity contribution in [1.82, 2.24) is 5.32 Å². The number of alkyl halides is 3. The van der Waals surface area contributed by atoms with Gasteiger partial charge in [0.25, 0.3) is 0 Å². The van der Waals surface area contributed by atoms with E-state index >= 15 is 0 Å². The maximum Gasteiger partial charge on any atom is 0.418 e. The molecule has 0 radical (unpaired) electrons. The van der Waals surface area contributed by atoms with Crippen LogP contribution in [0.4, 0.5) is 18.9 Å². The number of halogens is 3. The van der Waals surface area contributed by atoms with E-state index in [4.69, 9.17) is 0 Å². The van der Waals surface area contributed by atoms with Crippen molar-refractivity contribution >= 4 is 17.5 Å². The number of nitrogens with one attached hydrogen (secondary N) is 1. The van der Waals surface area contributed by atoms with Gasteiger partial charge in [-0.1, -0.05) is 12.1 Å². The molecule has 0 unspecified atom stereocenters. The molecule has 0 bridgehead atoms. The number of amides is 2. The predicted octanol–water partition coefficient (Wildman–Crippen LogP) is 2.73. The first-order chi connectivity index (χ1) is 10.3. The first kappa shape index (κ1) is 16.3. The molecule has 4 nitrogen and oxygen atoms in total. The number of rotatable bonds is 5. The van der Waals surface area contributed by atoms with Crippen LogP contribution in [-0.4, -0.2) is 24.4 Å². The summed E-state index contributed by atoms with van der Waals surface area (Å²) in [6.45, 7) is 1.10. The van der Waals surface area contributed by atoms with Crippen molar-refractivity contribution in [3.05, 3.63) is 29.8 Å². The summed E-state index contributed by atoms with van der Waals surface area (Å²) in [5, 5.41) is 2.75. The van der Waals surface area contributed by atoms with E-state index in [1.807, 2.05) is 0 Å². The van der Waals surface area contributed by atoms with Gasteiger partial charge in [-0.15, -0.1) is 0 Å². The van der Waals surface area contributed by atoms with Crippen LogP contribution in [0.15, 0.2) is 24.3 Å². The highest BCUT2D eigenvalue weighted by Crippen LogP contribution is 2.36. The molecule has 1 aromatic rings. The standard InChI is InChI=1S/C15H17F3N2O2/c1-10(21)20(9-8-14(22)19-11-6-7-11)13-5-3-2-4-12(13)15(16,17)18/h2-5,11H,6-9H2,1H3,(H,19,22). The monoisotopic (exact) mass is 314 g/mol. The minimum absolute atomic E-state index is 0.0255. The maximum atomic E-state index is 13.0. The van der Waals surface area contributed by atoms with Gasteiger partial charge >= 0.3 is 6.18 Å². The van der Waals surface area contributed by atoms with Gasteiger partial charge in [-0.2, -0.15) is 13.2 Å². The minimum atomic E-state index is -4.55. The maximum absolute atomic E-state index is 13.0. The predicted molar refractivity (Wildman–Crippen MR) is 75.3 cm³/mol. The summed E-state index contributed by atoms with van der Waals surface area (Å²) in [6, 6.07) is 5.05. The SMILES string of the molecule is CC(=O)N(CCC(=O)NC1CC1)c1ccccc1C(F)(F)F. The number of anilines is 1. The fraction of sp³-hybridized carbons (Fsp3) is 0.467. The van der Waals surface area contributed by atoms with Crippen molar-refractivity contribution in [2.75, 3.05) is 11.4 Å². The molecule has 1 aliphatic carbocycles. The fourth-order valence-electron chi connectivity index (χ4n) is 2.14. The fourth-order valence-corrected chi connectivity index (χ4v) is 2.14. The number of benzene rings is 1. The van der Waals surface area contributed by atoms with E-state index in [2.05, 4.69) is 5.32 Å². The lowest BCUT2D eigenvalue weighted by Crippen LogP contribution is -2.35. The van der Waals surface area contributed by atoms with Crippen molar-refractivity contribution in [2.45, 2.75) is 38.4 Å². The van der Waals surface area contributed by atoms with E-state index in [1.54, 1.807) is 0 Å². The third-order valence-corrected chi connectivity index (χ3v) is 3.39. The second-order valence-corrected chi connectivity index (χ2v) is 5.28. The van der Waals surface area contributed by atoms with Crippen molar-refractivity contribution < 1.29 is 22.8 Å². The van der Waals surface area contributed by atoms with Gasteiger partial charge in [0, 0.05) is 25.9 Å². The van der Waals surface area contributed by atoms with E-state index in [-0.39, 0.29) is 30.6 Å². The molecule has 1 aromatic carbocycles. The van der Waals surface area contributed by atoms with Crippen LogP contribution < -0.4 is 10.2 Å². The number of para-hydroxylation sites is 1. The molecule has 1 N–H and O–H groups in total. The summed E-state index contributed by atoms with van der Waals surface area (Å²) in [5.74, 6) is -0.783. The molecule has 0 atom stereocenters. The van der Waals surface area contributed by atoms with E-state index in [0.717, 1.165) is 23.8 Å². The summed E-state index contributed by atoms with van der Waals surface area (Å²) >= 11 is 0. The van der Waals surface area contributed by atoms with Gasteiger partial charge in [0.2, 0.25) is 11.8 Å². The molecular weight excluding hydrogens is 297 g/mol. The Labute approximate surface area is 126 Å².